The molecule has 0 unspecified atom stereocenters. The van der Waals surface area contributed by atoms with Crippen molar-refractivity contribution in [3.05, 3.63) is 6.33 Å². The van der Waals surface area contributed by atoms with E-state index in [9.17, 15) is 0 Å². The van der Waals surface area contributed by atoms with E-state index in [1.807, 2.05) is 0 Å². The highest BCUT2D eigenvalue weighted by Gasteiger charge is 2.12. The molecular weight excluding hydrogens is 198 g/mol. The third-order valence-electron chi connectivity index (χ3n) is 1.70. The van der Waals surface area contributed by atoms with Crippen molar-refractivity contribution in [2.75, 3.05) is 5.73 Å². The van der Waals surface area contributed by atoms with Crippen LogP contribution in [0.25, 0.3) is 11.0 Å². The number of aromatic nitrogens is 4. The zero-order valence-corrected chi connectivity index (χ0v) is 8.80. The fourth-order valence-electron chi connectivity index (χ4n) is 1.16. The summed E-state index contributed by atoms with van der Waals surface area (Å²) < 4.78 is 0. The van der Waals surface area contributed by atoms with Gasteiger partial charge < -0.3 is 5.73 Å². The molecule has 5 nitrogen and oxygen atoms in total. The van der Waals surface area contributed by atoms with Crippen LogP contribution in [-0.2, 0) is 0 Å². The molecule has 0 radical (unpaired) electrons. The van der Waals surface area contributed by atoms with Gasteiger partial charge in [0.2, 0.25) is 0 Å². The number of aromatic amines is 1. The summed E-state index contributed by atoms with van der Waals surface area (Å²) in [6, 6.07) is 0. The van der Waals surface area contributed by atoms with Crippen molar-refractivity contribution in [1.29, 1.82) is 0 Å². The first kappa shape index (κ1) is 9.26. The molecule has 74 valence electrons. The molecule has 0 aliphatic heterocycles. The highest BCUT2D eigenvalue weighted by atomic mass is 32.2. The number of hydrogen-bond acceptors (Lipinski definition) is 5. The lowest BCUT2D eigenvalue weighted by Gasteiger charge is -2.01. The van der Waals surface area contributed by atoms with Gasteiger partial charge in [0.25, 0.3) is 0 Å². The normalized spacial score (nSPS) is 11.4. The predicted molar refractivity (Wildman–Crippen MR) is 57.1 cm³/mol. The van der Waals surface area contributed by atoms with Crippen molar-refractivity contribution < 1.29 is 0 Å². The van der Waals surface area contributed by atoms with E-state index in [1.165, 1.54) is 6.33 Å². The Bertz CT molecular complexity index is 450. The quantitative estimate of drug-likeness (QED) is 0.731. The Balaban J connectivity index is 2.55. The molecule has 14 heavy (non-hydrogen) atoms. The van der Waals surface area contributed by atoms with Gasteiger partial charge in [-0.15, -0.1) is 11.8 Å². The molecule has 0 fully saturated rings. The number of nitrogen functional groups attached to an aromatic ring is 1. The molecule has 0 saturated heterocycles. The number of hydrogen-bond donors (Lipinski definition) is 2. The minimum Gasteiger partial charge on any atom is -0.383 e. The van der Waals surface area contributed by atoms with Gasteiger partial charge in [-0.25, -0.2) is 9.97 Å². The maximum atomic E-state index is 5.75. The van der Waals surface area contributed by atoms with E-state index in [4.69, 9.17) is 5.73 Å². The van der Waals surface area contributed by atoms with Crippen LogP contribution in [0.1, 0.15) is 13.8 Å². The fourth-order valence-corrected chi connectivity index (χ4v) is 2.03. The minimum atomic E-state index is 0.459. The van der Waals surface area contributed by atoms with Gasteiger partial charge in [0, 0.05) is 5.25 Å². The number of nitrogens with zero attached hydrogens (tertiary/aromatic N) is 3. The Morgan fingerprint density at radius 3 is 2.93 bits per heavy atom. The zero-order chi connectivity index (χ0) is 10.1. The first-order valence-corrected chi connectivity index (χ1v) is 5.17. The maximum Gasteiger partial charge on any atom is 0.161 e. The third kappa shape index (κ3) is 1.52. The Kier molecular flexibility index (Phi) is 2.28. The van der Waals surface area contributed by atoms with E-state index in [2.05, 4.69) is 34.0 Å². The van der Waals surface area contributed by atoms with Crippen LogP contribution in [0.4, 0.5) is 5.82 Å². The average Bonchev–Trinajstić information content (AvgIpc) is 2.49. The monoisotopic (exact) mass is 209 g/mol. The second-order valence-corrected chi connectivity index (χ2v) is 4.74. The summed E-state index contributed by atoms with van der Waals surface area (Å²) in [6.07, 6.45) is 1.43. The molecule has 3 N–H and O–H groups in total. The molecule has 0 aliphatic rings. The summed E-state index contributed by atoms with van der Waals surface area (Å²) in [6.45, 7) is 4.20. The van der Waals surface area contributed by atoms with Crippen LogP contribution in [-0.4, -0.2) is 25.4 Å². The highest BCUT2D eigenvalue weighted by Crippen LogP contribution is 2.29. The Morgan fingerprint density at radius 2 is 2.21 bits per heavy atom. The molecule has 0 atom stereocenters. The highest BCUT2D eigenvalue weighted by molar-refractivity contribution is 8.00. The van der Waals surface area contributed by atoms with Gasteiger partial charge in [-0.2, -0.15) is 5.10 Å². The molecule has 0 spiro atoms. The topological polar surface area (TPSA) is 80.5 Å². The van der Waals surface area contributed by atoms with E-state index in [-0.39, 0.29) is 0 Å². The number of rotatable bonds is 2. The summed E-state index contributed by atoms with van der Waals surface area (Å²) in [5.74, 6) is 0.479. The number of nitrogens with two attached hydrogens (primary N) is 1. The molecule has 0 aliphatic carbocycles. The predicted octanol–water partition coefficient (Wildman–Crippen LogP) is 1.44. The lowest BCUT2D eigenvalue weighted by molar-refractivity contribution is 1.00. The summed E-state index contributed by atoms with van der Waals surface area (Å²) >= 11 is 1.65. The van der Waals surface area contributed by atoms with E-state index in [0.29, 0.717) is 16.7 Å². The SMILES string of the molecule is CC(C)Sc1n[nH]c2ncnc(N)c12. The van der Waals surface area contributed by atoms with Crippen LogP contribution >= 0.6 is 11.8 Å². The van der Waals surface area contributed by atoms with E-state index in [1.54, 1.807) is 11.8 Å². The number of fused-ring (bicyclic) bond motifs is 1. The van der Waals surface area contributed by atoms with Crippen molar-refractivity contribution in [3.8, 4) is 0 Å². The van der Waals surface area contributed by atoms with Crippen molar-refractivity contribution in [3.63, 3.8) is 0 Å². The smallest absolute Gasteiger partial charge is 0.161 e. The van der Waals surface area contributed by atoms with Crippen LogP contribution in [0, 0.1) is 0 Å². The largest absolute Gasteiger partial charge is 0.383 e. The Labute approximate surface area is 85.5 Å². The van der Waals surface area contributed by atoms with Crippen LogP contribution in [0.2, 0.25) is 0 Å². The number of H-pyrrole nitrogens is 1. The zero-order valence-electron chi connectivity index (χ0n) is 7.98. The van der Waals surface area contributed by atoms with Gasteiger partial charge >= 0.3 is 0 Å². The fraction of sp³-hybridized carbons (Fsp3) is 0.375. The number of thioether (sulfide) groups is 1. The molecule has 0 saturated carbocycles. The molecule has 2 aromatic heterocycles. The molecule has 0 amide bonds. The second kappa shape index (κ2) is 3.45. The molecule has 2 heterocycles. The van der Waals surface area contributed by atoms with Gasteiger partial charge in [-0.05, 0) is 0 Å². The number of anilines is 1. The van der Waals surface area contributed by atoms with Gasteiger partial charge in [-0.3, -0.25) is 5.10 Å². The van der Waals surface area contributed by atoms with Crippen LogP contribution in [0.3, 0.4) is 0 Å². The van der Waals surface area contributed by atoms with Gasteiger partial charge in [-0.1, -0.05) is 13.8 Å². The van der Waals surface area contributed by atoms with Crippen molar-refractivity contribution in [2.24, 2.45) is 0 Å². The van der Waals surface area contributed by atoms with Crippen molar-refractivity contribution in [2.45, 2.75) is 24.1 Å². The standard InChI is InChI=1S/C8H11N5S/c1-4(2)14-8-5-6(9)10-3-11-7(5)12-13-8/h3-4H,1-2H3,(H3,9,10,11,12,13). The average molecular weight is 209 g/mol. The molecule has 6 heteroatoms. The third-order valence-corrected chi connectivity index (χ3v) is 2.69. The van der Waals surface area contributed by atoms with Crippen molar-refractivity contribution >= 4 is 28.6 Å². The first-order valence-electron chi connectivity index (χ1n) is 4.29. The molecule has 2 rings (SSSR count). The maximum absolute atomic E-state index is 5.75. The van der Waals surface area contributed by atoms with Crippen LogP contribution in [0.5, 0.6) is 0 Å². The van der Waals surface area contributed by atoms with Gasteiger partial charge in [0.15, 0.2) is 5.65 Å². The summed E-state index contributed by atoms with van der Waals surface area (Å²) in [5, 5.41) is 9.14. The van der Waals surface area contributed by atoms with Gasteiger partial charge in [0.1, 0.15) is 17.2 Å². The first-order chi connectivity index (χ1) is 6.68. The van der Waals surface area contributed by atoms with E-state index >= 15 is 0 Å². The lowest BCUT2D eigenvalue weighted by Crippen LogP contribution is -1.93. The van der Waals surface area contributed by atoms with Crippen LogP contribution < -0.4 is 5.73 Å². The van der Waals surface area contributed by atoms with Crippen molar-refractivity contribution in [1.82, 2.24) is 20.2 Å². The molecule has 0 aromatic carbocycles. The molecular formula is C8H11N5S. The summed E-state index contributed by atoms with van der Waals surface area (Å²) in [7, 11) is 0. The van der Waals surface area contributed by atoms with E-state index in [0.717, 1.165) is 10.4 Å². The molecule has 0 bridgehead atoms. The summed E-state index contributed by atoms with van der Waals surface area (Å²) in [5.41, 5.74) is 6.45. The lowest BCUT2D eigenvalue weighted by atomic mass is 10.4. The Hall–Kier alpha value is -1.30. The number of nitrogens with one attached hydrogen (secondary N) is 1. The van der Waals surface area contributed by atoms with E-state index < -0.39 is 0 Å². The minimum absolute atomic E-state index is 0.459. The second-order valence-electron chi connectivity index (χ2n) is 3.18. The summed E-state index contributed by atoms with van der Waals surface area (Å²) in [4.78, 5) is 7.99. The van der Waals surface area contributed by atoms with Crippen LogP contribution in [0.15, 0.2) is 11.4 Å². The molecule has 2 aromatic rings. The van der Waals surface area contributed by atoms with Gasteiger partial charge in [0.05, 0.1) is 5.39 Å². The Morgan fingerprint density at radius 1 is 1.43 bits per heavy atom.